The van der Waals surface area contributed by atoms with Gasteiger partial charge in [0.05, 0.1) is 29.6 Å². The van der Waals surface area contributed by atoms with Crippen molar-refractivity contribution in [2.75, 3.05) is 25.5 Å². The topological polar surface area (TPSA) is 74.7 Å². The van der Waals surface area contributed by atoms with E-state index in [0.717, 1.165) is 64.8 Å². The van der Waals surface area contributed by atoms with E-state index in [1.165, 1.54) is 38.6 Å². The maximum Gasteiger partial charge on any atom is 0.161 e. The fraction of sp³-hybridized carbons (Fsp3) is 0.290. The van der Waals surface area contributed by atoms with Crippen molar-refractivity contribution >= 4 is 28.6 Å². The molecule has 4 aromatic rings. The Hall–Kier alpha value is -3.90. The van der Waals surface area contributed by atoms with Gasteiger partial charge in [-0.3, -0.25) is 14.7 Å². The van der Waals surface area contributed by atoms with Crippen molar-refractivity contribution in [2.24, 2.45) is 0 Å². The number of phenolic OH excluding ortho intramolecular Hbond substituents is 1. The van der Waals surface area contributed by atoms with Crippen molar-refractivity contribution in [3.8, 4) is 22.6 Å². The molecule has 188 valence electrons. The zero-order chi connectivity index (χ0) is 25.4. The molecule has 0 amide bonds. The van der Waals surface area contributed by atoms with Gasteiger partial charge in [-0.25, -0.2) is 0 Å². The maximum atomic E-state index is 12.4. The number of aromatic nitrogens is 1. The molecule has 0 atom stereocenters. The van der Waals surface area contributed by atoms with Gasteiger partial charge >= 0.3 is 0 Å². The van der Waals surface area contributed by atoms with Crippen LogP contribution in [0.2, 0.25) is 0 Å². The smallest absolute Gasteiger partial charge is 0.161 e. The lowest BCUT2D eigenvalue weighted by atomic mass is 9.98. The molecular weight excluding hydrogens is 462 g/mol. The molecule has 2 aliphatic rings. The third kappa shape index (κ3) is 4.77. The number of ether oxygens (including phenoxy) is 1. The number of carbonyl (C=O) groups is 1. The number of rotatable bonds is 8. The van der Waals surface area contributed by atoms with Crippen LogP contribution < -0.4 is 10.1 Å². The lowest BCUT2D eigenvalue weighted by molar-refractivity contribution is 0.112. The summed E-state index contributed by atoms with van der Waals surface area (Å²) in [5.41, 5.74) is 7.27. The summed E-state index contributed by atoms with van der Waals surface area (Å²) in [7, 11) is 1.54. The van der Waals surface area contributed by atoms with Crippen molar-refractivity contribution in [1.29, 1.82) is 0 Å². The number of benzene rings is 3. The highest BCUT2D eigenvalue weighted by atomic mass is 16.5. The highest BCUT2D eigenvalue weighted by Crippen LogP contribution is 2.44. The van der Waals surface area contributed by atoms with Crippen LogP contribution in [0.5, 0.6) is 11.5 Å². The number of carbonyl (C=O) groups excluding carboxylic acids is 1. The summed E-state index contributed by atoms with van der Waals surface area (Å²) < 4.78 is 5.31. The van der Waals surface area contributed by atoms with E-state index in [0.29, 0.717) is 17.2 Å². The van der Waals surface area contributed by atoms with Crippen molar-refractivity contribution in [2.45, 2.75) is 38.1 Å². The van der Waals surface area contributed by atoms with Gasteiger partial charge in [0.15, 0.2) is 17.8 Å². The average molecular weight is 494 g/mol. The second kappa shape index (κ2) is 9.87. The Morgan fingerprint density at radius 2 is 1.76 bits per heavy atom. The van der Waals surface area contributed by atoms with Crippen molar-refractivity contribution in [3.63, 3.8) is 0 Å². The van der Waals surface area contributed by atoms with Gasteiger partial charge in [-0.15, -0.1) is 0 Å². The number of methoxy groups -OCH3 is 1. The van der Waals surface area contributed by atoms with Crippen LogP contribution in [-0.4, -0.2) is 41.5 Å². The number of fused-ring (bicyclic) bond motifs is 1. The molecule has 2 N–H and O–H groups in total. The Morgan fingerprint density at radius 1 is 1.03 bits per heavy atom. The highest BCUT2D eigenvalue weighted by molar-refractivity contribution is 6.04. The number of nitrogens with one attached hydrogen (secondary N) is 1. The summed E-state index contributed by atoms with van der Waals surface area (Å²) in [6.07, 6.45) is 5.64. The zero-order valence-electron chi connectivity index (χ0n) is 21.0. The van der Waals surface area contributed by atoms with Crippen LogP contribution in [0.25, 0.3) is 22.0 Å². The third-order valence-electron chi connectivity index (χ3n) is 7.48. The van der Waals surface area contributed by atoms with Crippen LogP contribution in [0, 0.1) is 0 Å². The molecule has 1 aromatic heterocycles. The maximum absolute atomic E-state index is 12.4. The number of hydrogen-bond donors (Lipinski definition) is 2. The first-order valence-electron chi connectivity index (χ1n) is 13.0. The molecule has 6 nitrogen and oxygen atoms in total. The monoisotopic (exact) mass is 493 g/mol. The molecule has 0 bridgehead atoms. The van der Waals surface area contributed by atoms with Crippen LogP contribution in [0.1, 0.15) is 53.2 Å². The molecule has 2 heterocycles. The fourth-order valence-electron chi connectivity index (χ4n) is 5.29. The molecule has 0 spiro atoms. The molecule has 3 aromatic carbocycles. The van der Waals surface area contributed by atoms with Gasteiger partial charge in [-0.1, -0.05) is 24.3 Å². The minimum atomic E-state index is 0.0987. The molecule has 37 heavy (non-hydrogen) atoms. The highest BCUT2D eigenvalue weighted by Gasteiger charge is 2.30. The number of phenols is 1. The SMILES string of the molecule is COc1cc(-c2ccc3nc(C4CC4)c(C=O)c(Nc4ccc(CN5CCCC5)cc4)c3c2)ccc1O. The van der Waals surface area contributed by atoms with Crippen LogP contribution in [0.15, 0.2) is 60.7 Å². The van der Waals surface area contributed by atoms with E-state index >= 15 is 0 Å². The lowest BCUT2D eigenvalue weighted by Crippen LogP contribution is -2.18. The summed E-state index contributed by atoms with van der Waals surface area (Å²) in [5.74, 6) is 0.858. The Morgan fingerprint density at radius 3 is 2.46 bits per heavy atom. The van der Waals surface area contributed by atoms with E-state index in [1.807, 2.05) is 24.3 Å². The van der Waals surface area contributed by atoms with E-state index < -0.39 is 0 Å². The van der Waals surface area contributed by atoms with Gasteiger partial charge in [-0.2, -0.15) is 0 Å². The number of hydrogen-bond acceptors (Lipinski definition) is 6. The van der Waals surface area contributed by atoms with Gasteiger partial charge in [0.25, 0.3) is 0 Å². The molecular formula is C31H31N3O3. The minimum Gasteiger partial charge on any atom is -0.504 e. The number of aromatic hydroxyl groups is 1. The van der Waals surface area contributed by atoms with E-state index in [1.54, 1.807) is 6.07 Å². The standard InChI is InChI=1S/C31H31N3O3/c1-37-29-17-23(9-13-28(29)36)22-8-12-27-25(16-22)31(26(19-35)30(33-27)21-6-7-21)32-24-10-4-20(5-11-24)18-34-14-2-3-15-34/h4-5,8-13,16-17,19,21,36H,2-3,6-7,14-15,18H2,1H3,(H,32,33). The largest absolute Gasteiger partial charge is 0.504 e. The first-order valence-corrected chi connectivity index (χ1v) is 13.0. The Bertz CT molecular complexity index is 1460. The van der Waals surface area contributed by atoms with E-state index in [4.69, 9.17) is 9.72 Å². The minimum absolute atomic E-state index is 0.0987. The summed E-state index contributed by atoms with van der Waals surface area (Å²) in [6.45, 7) is 3.32. The van der Waals surface area contributed by atoms with E-state index in [-0.39, 0.29) is 5.75 Å². The molecule has 0 radical (unpaired) electrons. The van der Waals surface area contributed by atoms with Crippen molar-refractivity contribution < 1.29 is 14.6 Å². The predicted octanol–water partition coefficient (Wildman–Crippen LogP) is 6.65. The molecule has 6 heteroatoms. The lowest BCUT2D eigenvalue weighted by Gasteiger charge is -2.18. The average Bonchev–Trinajstić information content (AvgIpc) is 3.65. The van der Waals surface area contributed by atoms with Gasteiger partial charge in [-0.05, 0) is 91.9 Å². The van der Waals surface area contributed by atoms with Crippen LogP contribution in [0.4, 0.5) is 11.4 Å². The molecule has 1 aliphatic carbocycles. The number of anilines is 2. The Balaban J connectivity index is 1.41. The predicted molar refractivity (Wildman–Crippen MR) is 147 cm³/mol. The fourth-order valence-corrected chi connectivity index (χ4v) is 5.29. The summed E-state index contributed by atoms with van der Waals surface area (Å²) >= 11 is 0. The van der Waals surface area contributed by atoms with E-state index in [2.05, 4.69) is 40.5 Å². The van der Waals surface area contributed by atoms with Gasteiger partial charge < -0.3 is 15.2 Å². The van der Waals surface area contributed by atoms with Crippen LogP contribution in [-0.2, 0) is 6.54 Å². The number of pyridine rings is 1. The number of likely N-dealkylation sites (tertiary alicyclic amines) is 1. The third-order valence-corrected chi connectivity index (χ3v) is 7.48. The number of aldehydes is 1. The first kappa shape index (κ1) is 23.5. The first-order chi connectivity index (χ1) is 18.1. The molecule has 6 rings (SSSR count). The summed E-state index contributed by atoms with van der Waals surface area (Å²) in [6, 6.07) is 19.9. The molecule has 1 saturated carbocycles. The zero-order valence-corrected chi connectivity index (χ0v) is 21.0. The van der Waals surface area contributed by atoms with Crippen LogP contribution >= 0.6 is 0 Å². The molecule has 1 saturated heterocycles. The summed E-state index contributed by atoms with van der Waals surface area (Å²) in [5, 5.41) is 14.5. The Kier molecular flexibility index (Phi) is 6.26. The normalized spacial score (nSPS) is 15.7. The van der Waals surface area contributed by atoms with Gasteiger partial charge in [0, 0.05) is 23.5 Å². The Labute approximate surface area is 216 Å². The van der Waals surface area contributed by atoms with Crippen molar-refractivity contribution in [3.05, 3.63) is 77.5 Å². The molecule has 1 aliphatic heterocycles. The molecule has 0 unspecified atom stereocenters. The van der Waals surface area contributed by atoms with Crippen LogP contribution in [0.3, 0.4) is 0 Å². The van der Waals surface area contributed by atoms with Gasteiger partial charge in [0.2, 0.25) is 0 Å². The quantitative estimate of drug-likeness (QED) is 0.268. The number of nitrogens with zero attached hydrogens (tertiary/aromatic N) is 2. The molecule has 2 fully saturated rings. The summed E-state index contributed by atoms with van der Waals surface area (Å²) in [4.78, 5) is 19.8. The van der Waals surface area contributed by atoms with Gasteiger partial charge in [0.1, 0.15) is 0 Å². The van der Waals surface area contributed by atoms with Crippen molar-refractivity contribution in [1.82, 2.24) is 9.88 Å². The second-order valence-electron chi connectivity index (χ2n) is 10.1. The second-order valence-corrected chi connectivity index (χ2v) is 10.1. The van der Waals surface area contributed by atoms with E-state index in [9.17, 15) is 9.90 Å².